The largest absolute Gasteiger partial charge is 0.444 e. The predicted molar refractivity (Wildman–Crippen MR) is 79.5 cm³/mol. The Labute approximate surface area is 123 Å². The highest BCUT2D eigenvalue weighted by atomic mass is 16.4. The maximum Gasteiger partial charge on any atom is 0.251 e. The number of nitrogens with zero attached hydrogens (tertiary/aromatic N) is 1. The molecule has 0 atom stereocenters. The van der Waals surface area contributed by atoms with E-state index in [4.69, 9.17) is 10.2 Å². The molecule has 0 saturated carbocycles. The van der Waals surface area contributed by atoms with Crippen molar-refractivity contribution < 1.29 is 9.21 Å². The first-order valence-electron chi connectivity index (χ1n) is 6.60. The van der Waals surface area contributed by atoms with Crippen LogP contribution in [0.25, 0.3) is 0 Å². The summed E-state index contributed by atoms with van der Waals surface area (Å²) in [5.74, 6) is 6.76. The molecule has 5 heteroatoms. The van der Waals surface area contributed by atoms with Gasteiger partial charge in [-0.1, -0.05) is 11.8 Å². The molecule has 0 fully saturated rings. The average molecular weight is 283 g/mol. The van der Waals surface area contributed by atoms with E-state index < -0.39 is 0 Å². The molecule has 2 rings (SSSR count). The molecule has 0 aliphatic rings. The average Bonchev–Trinajstić information content (AvgIpc) is 2.82. The van der Waals surface area contributed by atoms with Crippen LogP contribution in [0.3, 0.4) is 0 Å². The van der Waals surface area contributed by atoms with Crippen LogP contribution in [-0.4, -0.2) is 17.4 Å². The van der Waals surface area contributed by atoms with E-state index in [0.29, 0.717) is 18.0 Å². The van der Waals surface area contributed by atoms with Gasteiger partial charge in [0.05, 0.1) is 18.8 Å². The van der Waals surface area contributed by atoms with Crippen molar-refractivity contribution in [2.24, 2.45) is 5.73 Å². The number of benzene rings is 1. The number of aromatic nitrogens is 1. The highest BCUT2D eigenvalue weighted by molar-refractivity contribution is 5.94. The number of carbonyl (C=O) groups excluding carboxylic acids is 1. The fourth-order valence-electron chi connectivity index (χ4n) is 1.73. The zero-order valence-corrected chi connectivity index (χ0v) is 12.1. The zero-order valence-electron chi connectivity index (χ0n) is 12.1. The molecule has 21 heavy (non-hydrogen) atoms. The lowest BCUT2D eigenvalue weighted by atomic mass is 10.1. The number of hydrogen-bond acceptors (Lipinski definition) is 4. The number of carbonyl (C=O) groups is 1. The lowest BCUT2D eigenvalue weighted by Crippen LogP contribution is -2.22. The lowest BCUT2D eigenvalue weighted by Gasteiger charge is -2.02. The molecule has 5 nitrogen and oxygen atoms in total. The summed E-state index contributed by atoms with van der Waals surface area (Å²) in [6.45, 7) is 4.29. The van der Waals surface area contributed by atoms with Crippen LogP contribution in [0.1, 0.15) is 33.3 Å². The number of aryl methyl sites for hydroxylation is 2. The molecule has 0 aliphatic heterocycles. The normalized spacial score (nSPS) is 9.86. The van der Waals surface area contributed by atoms with Crippen molar-refractivity contribution in [2.45, 2.75) is 20.4 Å². The molecule has 108 valence electrons. The summed E-state index contributed by atoms with van der Waals surface area (Å²) in [5.41, 5.74) is 7.54. The highest BCUT2D eigenvalue weighted by Crippen LogP contribution is 2.08. The van der Waals surface area contributed by atoms with Crippen molar-refractivity contribution in [3.8, 4) is 11.8 Å². The Morgan fingerprint density at radius 1 is 1.33 bits per heavy atom. The SMILES string of the molecule is Cc1nc(CNC(=O)c2ccc(C#CCN)cc2)oc1C. The third-order valence-corrected chi connectivity index (χ3v) is 2.95. The lowest BCUT2D eigenvalue weighted by molar-refractivity contribution is 0.0947. The summed E-state index contributed by atoms with van der Waals surface area (Å²) in [4.78, 5) is 16.2. The van der Waals surface area contributed by atoms with E-state index in [2.05, 4.69) is 22.1 Å². The maximum atomic E-state index is 12.0. The number of nitrogens with one attached hydrogen (secondary N) is 1. The van der Waals surface area contributed by atoms with Gasteiger partial charge in [-0.3, -0.25) is 4.79 Å². The second-order valence-corrected chi connectivity index (χ2v) is 4.52. The van der Waals surface area contributed by atoms with E-state index >= 15 is 0 Å². The van der Waals surface area contributed by atoms with Gasteiger partial charge >= 0.3 is 0 Å². The van der Waals surface area contributed by atoms with Crippen molar-refractivity contribution in [1.82, 2.24) is 10.3 Å². The Morgan fingerprint density at radius 2 is 2.05 bits per heavy atom. The number of amides is 1. The van der Waals surface area contributed by atoms with E-state index in [-0.39, 0.29) is 12.5 Å². The van der Waals surface area contributed by atoms with E-state index in [0.717, 1.165) is 17.0 Å². The molecule has 0 saturated heterocycles. The molecule has 2 aromatic rings. The van der Waals surface area contributed by atoms with Crippen LogP contribution in [0.2, 0.25) is 0 Å². The summed E-state index contributed by atoms with van der Waals surface area (Å²) in [5, 5.41) is 2.77. The molecular formula is C16H17N3O2. The summed E-state index contributed by atoms with van der Waals surface area (Å²) in [6, 6.07) is 7.03. The van der Waals surface area contributed by atoms with Crippen LogP contribution >= 0.6 is 0 Å². The van der Waals surface area contributed by atoms with Gasteiger partial charge < -0.3 is 15.5 Å². The number of nitrogens with two attached hydrogens (primary N) is 1. The molecule has 0 radical (unpaired) electrons. The molecule has 0 bridgehead atoms. The summed E-state index contributed by atoms with van der Waals surface area (Å²) in [7, 11) is 0. The Hall–Kier alpha value is -2.58. The van der Waals surface area contributed by atoms with Crippen LogP contribution < -0.4 is 11.1 Å². The molecule has 0 unspecified atom stereocenters. The van der Waals surface area contributed by atoms with Crippen molar-refractivity contribution in [3.05, 3.63) is 52.7 Å². The van der Waals surface area contributed by atoms with Gasteiger partial charge in [0.1, 0.15) is 5.76 Å². The molecule has 1 aromatic heterocycles. The van der Waals surface area contributed by atoms with Crippen LogP contribution in [0.15, 0.2) is 28.7 Å². The van der Waals surface area contributed by atoms with Crippen molar-refractivity contribution in [3.63, 3.8) is 0 Å². The van der Waals surface area contributed by atoms with Gasteiger partial charge in [0, 0.05) is 11.1 Å². The monoisotopic (exact) mass is 283 g/mol. The molecule has 0 spiro atoms. The van der Waals surface area contributed by atoms with Crippen LogP contribution in [0.5, 0.6) is 0 Å². The van der Waals surface area contributed by atoms with Crippen LogP contribution in [-0.2, 0) is 6.54 Å². The van der Waals surface area contributed by atoms with E-state index in [9.17, 15) is 4.79 Å². The second-order valence-electron chi connectivity index (χ2n) is 4.52. The molecule has 3 N–H and O–H groups in total. The summed E-state index contributed by atoms with van der Waals surface area (Å²) >= 11 is 0. The Bertz CT molecular complexity index is 671. The van der Waals surface area contributed by atoms with Gasteiger partial charge in [-0.2, -0.15) is 0 Å². The highest BCUT2D eigenvalue weighted by Gasteiger charge is 2.09. The van der Waals surface area contributed by atoms with Crippen molar-refractivity contribution in [1.29, 1.82) is 0 Å². The van der Waals surface area contributed by atoms with Gasteiger partial charge in [-0.05, 0) is 38.1 Å². The third kappa shape index (κ3) is 3.94. The van der Waals surface area contributed by atoms with E-state index in [1.54, 1.807) is 24.3 Å². The fourth-order valence-corrected chi connectivity index (χ4v) is 1.73. The smallest absolute Gasteiger partial charge is 0.251 e. The van der Waals surface area contributed by atoms with Crippen molar-refractivity contribution in [2.75, 3.05) is 6.54 Å². The van der Waals surface area contributed by atoms with Gasteiger partial charge in [0.15, 0.2) is 0 Å². The summed E-state index contributed by atoms with van der Waals surface area (Å²) in [6.07, 6.45) is 0. The molecule has 1 aromatic carbocycles. The Balaban J connectivity index is 1.97. The zero-order chi connectivity index (χ0) is 15.2. The standard InChI is InChI=1S/C16H17N3O2/c1-11-12(2)21-15(19-11)10-18-16(20)14-7-5-13(6-8-14)4-3-9-17/h5-8H,9-10,17H2,1-2H3,(H,18,20). The predicted octanol–water partition coefficient (Wildman–Crippen LogP) is 1.53. The minimum Gasteiger partial charge on any atom is -0.444 e. The molecule has 1 amide bonds. The van der Waals surface area contributed by atoms with Crippen LogP contribution in [0, 0.1) is 25.7 Å². The van der Waals surface area contributed by atoms with E-state index in [1.807, 2.05) is 13.8 Å². The van der Waals surface area contributed by atoms with Crippen molar-refractivity contribution >= 4 is 5.91 Å². The first kappa shape index (κ1) is 14.8. The van der Waals surface area contributed by atoms with Gasteiger partial charge in [-0.25, -0.2) is 4.98 Å². The molecule has 0 aliphatic carbocycles. The van der Waals surface area contributed by atoms with E-state index in [1.165, 1.54) is 0 Å². The summed E-state index contributed by atoms with van der Waals surface area (Å²) < 4.78 is 5.41. The topological polar surface area (TPSA) is 81.2 Å². The third-order valence-electron chi connectivity index (χ3n) is 2.95. The van der Waals surface area contributed by atoms with Gasteiger partial charge in [-0.15, -0.1) is 0 Å². The molecular weight excluding hydrogens is 266 g/mol. The number of rotatable bonds is 3. The minimum atomic E-state index is -0.179. The van der Waals surface area contributed by atoms with Crippen LogP contribution in [0.4, 0.5) is 0 Å². The fraction of sp³-hybridized carbons (Fsp3) is 0.250. The molecule has 1 heterocycles. The minimum absolute atomic E-state index is 0.179. The van der Waals surface area contributed by atoms with Gasteiger partial charge in [0.25, 0.3) is 5.91 Å². The Kier molecular flexibility index (Phi) is 4.75. The Morgan fingerprint density at radius 3 is 2.62 bits per heavy atom. The number of hydrogen-bond donors (Lipinski definition) is 2. The first-order chi connectivity index (χ1) is 10.1. The second kappa shape index (κ2) is 6.73. The number of oxazole rings is 1. The quantitative estimate of drug-likeness (QED) is 0.837. The first-order valence-corrected chi connectivity index (χ1v) is 6.60. The maximum absolute atomic E-state index is 12.0. The van der Waals surface area contributed by atoms with Gasteiger partial charge in [0.2, 0.25) is 5.89 Å².